The summed E-state index contributed by atoms with van der Waals surface area (Å²) < 4.78 is 48.9. The number of ether oxygens (including phenoxy) is 5. The smallest absolute Gasteiger partial charge is 0.342 e. The van der Waals surface area contributed by atoms with Gasteiger partial charge in [-0.3, -0.25) is 0 Å². The van der Waals surface area contributed by atoms with E-state index >= 15 is 0 Å². The third-order valence-electron chi connectivity index (χ3n) is 14.6. The number of benzene rings is 4. The Morgan fingerprint density at radius 2 is 1.42 bits per heavy atom. The van der Waals surface area contributed by atoms with Crippen LogP contribution in [-0.2, 0) is 34.8 Å². The third-order valence-corrected chi connectivity index (χ3v) is 27.2. The maximum Gasteiger partial charge on any atom is 0.342 e. The van der Waals surface area contributed by atoms with E-state index in [9.17, 15) is 4.79 Å². The van der Waals surface area contributed by atoms with E-state index in [1.54, 1.807) is 25.2 Å². The summed E-state index contributed by atoms with van der Waals surface area (Å²) in [6.07, 6.45) is 6.13. The van der Waals surface area contributed by atoms with Gasteiger partial charge in [-0.05, 0) is 91.3 Å². The van der Waals surface area contributed by atoms with Crippen molar-refractivity contribution in [3.63, 3.8) is 0 Å². The summed E-state index contributed by atoms with van der Waals surface area (Å²) in [4.78, 5) is 20.7. The molecule has 6 rings (SSSR count). The predicted octanol–water partition coefficient (Wildman–Crippen LogP) is 13.7. The summed E-state index contributed by atoms with van der Waals surface area (Å²) in [6, 6.07) is 34.7. The van der Waals surface area contributed by atoms with Crippen LogP contribution < -0.4 is 15.1 Å². The fraction of sp³-hybridized carbons (Fsp3) is 0.525. The lowest BCUT2D eigenvalue weighted by Crippen LogP contribution is -2.67. The van der Waals surface area contributed by atoms with Crippen LogP contribution >= 0.6 is 11.8 Å². The van der Waals surface area contributed by atoms with Crippen LogP contribution in [0.5, 0.6) is 5.75 Å². The second-order valence-electron chi connectivity index (χ2n) is 24.1. The number of esters is 1. The molecule has 6 atom stereocenters. The molecule has 4 aromatic carbocycles. The Morgan fingerprint density at radius 1 is 0.836 bits per heavy atom. The van der Waals surface area contributed by atoms with Crippen molar-refractivity contribution in [2.24, 2.45) is 13.0 Å². The molecule has 73 heavy (non-hydrogen) atoms. The lowest BCUT2D eigenvalue weighted by atomic mass is 9.95. The molecule has 10 nitrogen and oxygen atoms in total. The first-order valence-corrected chi connectivity index (χ1v) is 35.6. The first-order valence-electron chi connectivity index (χ1n) is 26.2. The lowest BCUT2D eigenvalue weighted by Gasteiger charge is -2.45. The van der Waals surface area contributed by atoms with E-state index in [0.717, 1.165) is 27.5 Å². The highest BCUT2D eigenvalue weighted by Crippen LogP contribution is 2.48. The van der Waals surface area contributed by atoms with Crippen molar-refractivity contribution >= 4 is 63.8 Å². The van der Waals surface area contributed by atoms with Crippen LogP contribution in [-0.4, -0.2) is 90.9 Å². The molecule has 2 heterocycles. The fourth-order valence-corrected chi connectivity index (χ4v) is 17.4. The number of rotatable bonds is 23. The molecule has 1 fully saturated rings. The van der Waals surface area contributed by atoms with E-state index < -0.39 is 48.7 Å². The minimum Gasteiger partial charge on any atom is -0.467 e. The second kappa shape index (κ2) is 24.0. The van der Waals surface area contributed by atoms with Crippen molar-refractivity contribution < 1.29 is 37.3 Å². The van der Waals surface area contributed by atoms with Crippen LogP contribution in [0.15, 0.2) is 120 Å². The van der Waals surface area contributed by atoms with Gasteiger partial charge >= 0.3 is 5.97 Å². The molecule has 0 spiro atoms. The first-order chi connectivity index (χ1) is 34.2. The maximum absolute atomic E-state index is 14.6. The van der Waals surface area contributed by atoms with Crippen LogP contribution in [0.1, 0.15) is 103 Å². The number of thioether (sulfide) groups is 1. The van der Waals surface area contributed by atoms with Gasteiger partial charge in [-0.1, -0.05) is 159 Å². The molecule has 14 heteroatoms. The number of carbonyl (C=O) groups is 1. The molecule has 0 radical (unpaired) electrons. The van der Waals surface area contributed by atoms with Crippen molar-refractivity contribution in [1.29, 1.82) is 0 Å². The molecular weight excluding hydrogens is 981 g/mol. The minimum absolute atomic E-state index is 0.0184. The molecule has 5 aromatic rings. The summed E-state index contributed by atoms with van der Waals surface area (Å²) >= 11 is 1.70. The van der Waals surface area contributed by atoms with Crippen molar-refractivity contribution in [3.05, 3.63) is 127 Å². The van der Waals surface area contributed by atoms with Crippen LogP contribution in [0, 0.1) is 5.92 Å². The van der Waals surface area contributed by atoms with Crippen molar-refractivity contribution in [3.8, 4) is 5.75 Å². The van der Waals surface area contributed by atoms with Gasteiger partial charge in [0.25, 0.3) is 8.32 Å². The van der Waals surface area contributed by atoms with Crippen LogP contribution in [0.2, 0.25) is 48.9 Å². The largest absolute Gasteiger partial charge is 0.467 e. The Balaban J connectivity index is 1.40. The van der Waals surface area contributed by atoms with E-state index in [1.165, 1.54) is 10.4 Å². The monoisotopic (exact) mass is 1070 g/mol. The van der Waals surface area contributed by atoms with Crippen molar-refractivity contribution in [2.45, 2.75) is 171 Å². The van der Waals surface area contributed by atoms with Gasteiger partial charge in [-0.2, -0.15) is 0 Å². The Labute approximate surface area is 445 Å². The van der Waals surface area contributed by atoms with E-state index in [1.807, 2.05) is 49.7 Å². The van der Waals surface area contributed by atoms with Gasteiger partial charge in [0.2, 0.25) is 0 Å². The summed E-state index contributed by atoms with van der Waals surface area (Å²) in [7, 11) is -3.21. The molecule has 1 aromatic heterocycles. The average Bonchev–Trinajstić information content (AvgIpc) is 3.85. The maximum atomic E-state index is 14.6. The molecule has 0 bridgehead atoms. The van der Waals surface area contributed by atoms with E-state index in [0.29, 0.717) is 30.8 Å². The SMILES string of the molecule is COCOc1cc2c(ncn2C)c(C(CC[C@@H]2OC(C)(C)O[C@@H]2C(C=C[C@@H](C)[C@H](C)O[Si](c2ccccc2)(c2ccccc2)C(C)(C)C)O[Si](C)(C)C(C)(C)C)Sc2ccccc2)c1C(=O)OCC[Si](C)(C)C. The topological polar surface area (TPSA) is 99.5 Å². The average molecular weight is 1070 g/mol. The normalized spacial score (nSPS) is 18.5. The van der Waals surface area contributed by atoms with E-state index in [-0.39, 0.29) is 40.2 Å². The Bertz CT molecular complexity index is 2550. The Kier molecular flexibility index (Phi) is 19.2. The number of aryl methyl sites for hydroxylation is 1. The zero-order valence-corrected chi connectivity index (χ0v) is 50.9. The number of hydrogen-bond donors (Lipinski definition) is 0. The van der Waals surface area contributed by atoms with E-state index in [4.69, 9.17) is 37.5 Å². The first kappa shape index (κ1) is 58.4. The van der Waals surface area contributed by atoms with Crippen molar-refractivity contribution in [2.75, 3.05) is 20.5 Å². The standard InChI is InChI=1S/C59H86N2O8SSi3/c1-42(43(2)68-73(58(6,7)8,45-29-23-19-24-30-45)46-31-25-20-26-32-46)33-34-49(69-72(16,17)57(3,4)5)55-48(66-59(9,10)67-55)35-36-51(70-44-27-21-18-22-28-44)53-52(56(62)64-37-38-71(13,14)15)50(65-41-63-12)39-47-54(53)60-40-61(47)11/h18-34,39-40,42-43,48-49,51,55H,35-38,41H2,1-17H3/t42-,43+,48+,49?,51?,55+/m1/s1. The molecule has 0 aliphatic carbocycles. The van der Waals surface area contributed by atoms with Gasteiger partial charge in [-0.25, -0.2) is 9.78 Å². The molecule has 398 valence electrons. The van der Waals surface area contributed by atoms with Gasteiger partial charge in [0.05, 0.1) is 36.2 Å². The fourth-order valence-electron chi connectivity index (χ4n) is 9.40. The zero-order chi connectivity index (χ0) is 53.6. The van der Waals surface area contributed by atoms with Gasteiger partial charge in [0, 0.05) is 50.1 Å². The van der Waals surface area contributed by atoms with Crippen molar-refractivity contribution in [1.82, 2.24) is 9.55 Å². The van der Waals surface area contributed by atoms with E-state index in [2.05, 4.69) is 173 Å². The predicted molar refractivity (Wildman–Crippen MR) is 308 cm³/mol. The van der Waals surface area contributed by atoms with Gasteiger partial charge in [0.1, 0.15) is 17.4 Å². The number of carbonyl (C=O) groups excluding carboxylic acids is 1. The molecule has 1 saturated heterocycles. The molecule has 2 unspecified atom stereocenters. The molecular formula is C59H86N2O8SSi3. The number of nitrogens with zero attached hydrogens (tertiary/aromatic N) is 2. The highest BCUT2D eigenvalue weighted by molar-refractivity contribution is 7.99. The number of fused-ring (bicyclic) bond motifs is 1. The van der Waals surface area contributed by atoms with Gasteiger partial charge in [0.15, 0.2) is 20.9 Å². The molecule has 1 aliphatic rings. The third kappa shape index (κ3) is 14.4. The zero-order valence-electron chi connectivity index (χ0n) is 47.0. The van der Waals surface area contributed by atoms with Gasteiger partial charge in [-0.15, -0.1) is 11.8 Å². The Hall–Kier alpha value is -3.84. The van der Waals surface area contributed by atoms with Crippen LogP contribution in [0.25, 0.3) is 11.0 Å². The molecule has 0 amide bonds. The summed E-state index contributed by atoms with van der Waals surface area (Å²) in [5.74, 6) is -0.900. The molecule has 1 aliphatic heterocycles. The summed E-state index contributed by atoms with van der Waals surface area (Å²) in [5, 5.41) is 1.99. The molecule has 0 N–H and O–H groups in total. The van der Waals surface area contributed by atoms with Crippen LogP contribution in [0.4, 0.5) is 0 Å². The Morgan fingerprint density at radius 3 is 1.97 bits per heavy atom. The second-order valence-corrected chi connectivity index (χ2v) is 40.0. The number of aromatic nitrogens is 2. The number of methoxy groups -OCH3 is 1. The van der Waals surface area contributed by atoms with Crippen LogP contribution in [0.3, 0.4) is 0 Å². The highest BCUT2D eigenvalue weighted by atomic mass is 32.2. The number of imidazole rings is 1. The summed E-state index contributed by atoms with van der Waals surface area (Å²) in [6.45, 7) is 34.0. The number of hydrogen-bond acceptors (Lipinski definition) is 10. The highest BCUT2D eigenvalue weighted by Gasteiger charge is 2.52. The summed E-state index contributed by atoms with van der Waals surface area (Å²) in [5.41, 5.74) is 2.71. The molecule has 0 saturated carbocycles. The minimum atomic E-state index is -2.83. The van der Waals surface area contributed by atoms with Gasteiger partial charge < -0.3 is 37.1 Å². The quantitative estimate of drug-likeness (QED) is 0.0207. The lowest BCUT2D eigenvalue weighted by molar-refractivity contribution is -0.152.